The number of nitrogens with zero attached hydrogens (tertiary/aromatic N) is 4. The van der Waals surface area contributed by atoms with E-state index in [9.17, 15) is 0 Å². The van der Waals surface area contributed by atoms with Crippen LogP contribution >= 0.6 is 0 Å². The number of hydrogen-bond donors (Lipinski definition) is 2. The normalized spacial score (nSPS) is 20.9. The molecule has 1 atom stereocenters. The summed E-state index contributed by atoms with van der Waals surface area (Å²) in [5, 5.41) is 8.30. The van der Waals surface area contributed by atoms with Crippen LogP contribution in [-0.2, 0) is 6.54 Å². The van der Waals surface area contributed by atoms with Crippen LogP contribution in [0.1, 0.15) is 24.8 Å². The average Bonchev–Trinajstić information content (AvgIpc) is 3.43. The first-order valence-corrected chi connectivity index (χ1v) is 9.91. The maximum absolute atomic E-state index is 4.74. The van der Waals surface area contributed by atoms with E-state index in [0.717, 1.165) is 36.4 Å². The third-order valence-corrected chi connectivity index (χ3v) is 5.54. The molecule has 0 radical (unpaired) electrons. The molecule has 1 aromatic heterocycles. The highest BCUT2D eigenvalue weighted by atomic mass is 15.3. The highest BCUT2D eigenvalue weighted by Gasteiger charge is 2.34. The van der Waals surface area contributed by atoms with Gasteiger partial charge in [-0.3, -0.25) is 9.89 Å². The third-order valence-electron chi connectivity index (χ3n) is 5.54. The zero-order valence-electron chi connectivity index (χ0n) is 16.6. The van der Waals surface area contributed by atoms with Gasteiger partial charge in [-0.25, -0.2) is 4.98 Å². The van der Waals surface area contributed by atoms with Gasteiger partial charge >= 0.3 is 0 Å². The highest BCUT2D eigenvalue weighted by Crippen LogP contribution is 2.29. The molecule has 2 fully saturated rings. The number of nitrogens with one attached hydrogen (secondary N) is 2. The van der Waals surface area contributed by atoms with Crippen molar-refractivity contribution in [3.63, 3.8) is 0 Å². The lowest BCUT2D eigenvalue weighted by Gasteiger charge is -2.20. The van der Waals surface area contributed by atoms with Crippen molar-refractivity contribution in [1.29, 1.82) is 0 Å². The van der Waals surface area contributed by atoms with Gasteiger partial charge in [0.25, 0.3) is 0 Å². The molecule has 4 rings (SSSR count). The van der Waals surface area contributed by atoms with Gasteiger partial charge in [-0.05, 0) is 37.0 Å². The Kier molecular flexibility index (Phi) is 5.16. The number of para-hydroxylation sites is 1. The van der Waals surface area contributed by atoms with E-state index < -0.39 is 0 Å². The van der Waals surface area contributed by atoms with Gasteiger partial charge in [-0.15, -0.1) is 0 Å². The molecule has 1 unspecified atom stereocenters. The Morgan fingerprint density at radius 3 is 2.81 bits per heavy atom. The number of guanidine groups is 1. The van der Waals surface area contributed by atoms with Gasteiger partial charge in [0.05, 0.1) is 5.52 Å². The van der Waals surface area contributed by atoms with Crippen LogP contribution < -0.4 is 15.5 Å². The Labute approximate surface area is 161 Å². The number of hydrogen-bond acceptors (Lipinski definition) is 4. The first-order chi connectivity index (χ1) is 13.1. The summed E-state index contributed by atoms with van der Waals surface area (Å²) in [4.78, 5) is 13.8. The molecule has 2 aromatic rings. The van der Waals surface area contributed by atoms with Gasteiger partial charge in [0.15, 0.2) is 5.96 Å². The highest BCUT2D eigenvalue weighted by molar-refractivity contribution is 5.85. The van der Waals surface area contributed by atoms with E-state index in [1.54, 1.807) is 0 Å². The molecule has 1 aromatic carbocycles. The van der Waals surface area contributed by atoms with Crippen molar-refractivity contribution in [3.8, 4) is 0 Å². The van der Waals surface area contributed by atoms with Crippen LogP contribution in [0.25, 0.3) is 10.9 Å². The van der Waals surface area contributed by atoms with Crippen molar-refractivity contribution < 1.29 is 0 Å². The van der Waals surface area contributed by atoms with Gasteiger partial charge in [0.1, 0.15) is 5.82 Å². The van der Waals surface area contributed by atoms with Gasteiger partial charge in [-0.2, -0.15) is 0 Å². The monoisotopic (exact) mass is 366 g/mol. The number of fused-ring (bicyclic) bond motifs is 1. The van der Waals surface area contributed by atoms with Crippen LogP contribution in [0.2, 0.25) is 0 Å². The standard InChI is InChI=1S/C21H30N6/c1-22-21(24-16-10-11-27(14-16)17-8-9-17)23-13-15-12-20(26(2)3)25-19-7-5-4-6-18(15)19/h4-7,12,16-17H,8-11,13-14H2,1-3H3,(H2,22,23,24). The van der Waals surface area contributed by atoms with Crippen molar-refractivity contribution in [2.45, 2.75) is 37.9 Å². The molecule has 1 saturated heterocycles. The molecule has 6 heteroatoms. The number of pyridine rings is 1. The zero-order valence-corrected chi connectivity index (χ0v) is 16.6. The summed E-state index contributed by atoms with van der Waals surface area (Å²) < 4.78 is 0. The molecule has 0 amide bonds. The fourth-order valence-corrected chi connectivity index (χ4v) is 3.85. The Balaban J connectivity index is 1.43. The smallest absolute Gasteiger partial charge is 0.191 e. The van der Waals surface area contributed by atoms with Crippen LogP contribution in [0.5, 0.6) is 0 Å². The van der Waals surface area contributed by atoms with Gasteiger partial charge < -0.3 is 15.5 Å². The van der Waals surface area contributed by atoms with Crippen molar-refractivity contribution in [1.82, 2.24) is 20.5 Å². The number of rotatable bonds is 5. The van der Waals surface area contributed by atoms with Gasteiger partial charge in [0, 0.05) is 58.2 Å². The lowest BCUT2D eigenvalue weighted by atomic mass is 10.1. The largest absolute Gasteiger partial charge is 0.363 e. The van der Waals surface area contributed by atoms with Crippen molar-refractivity contribution in [2.24, 2.45) is 4.99 Å². The molecule has 1 saturated carbocycles. The molecule has 2 heterocycles. The maximum Gasteiger partial charge on any atom is 0.191 e. The SMILES string of the molecule is CN=C(NCc1cc(N(C)C)nc2ccccc12)NC1CCN(C2CC2)C1. The number of benzene rings is 1. The minimum Gasteiger partial charge on any atom is -0.363 e. The van der Waals surface area contributed by atoms with E-state index in [1.807, 2.05) is 32.1 Å². The number of likely N-dealkylation sites (tertiary alicyclic amines) is 1. The summed E-state index contributed by atoms with van der Waals surface area (Å²) >= 11 is 0. The van der Waals surface area contributed by atoms with E-state index in [1.165, 1.54) is 36.8 Å². The summed E-state index contributed by atoms with van der Waals surface area (Å²) in [6.07, 6.45) is 3.95. The molecular formula is C21H30N6. The third kappa shape index (κ3) is 4.16. The van der Waals surface area contributed by atoms with Crippen LogP contribution in [0.3, 0.4) is 0 Å². The summed E-state index contributed by atoms with van der Waals surface area (Å²) in [7, 11) is 5.90. The fourth-order valence-electron chi connectivity index (χ4n) is 3.85. The molecular weight excluding hydrogens is 336 g/mol. The minimum absolute atomic E-state index is 0.489. The van der Waals surface area contributed by atoms with Gasteiger partial charge in [0.2, 0.25) is 0 Å². The Morgan fingerprint density at radius 1 is 1.26 bits per heavy atom. The minimum atomic E-state index is 0.489. The molecule has 2 N–H and O–H groups in total. The topological polar surface area (TPSA) is 55.8 Å². The summed E-state index contributed by atoms with van der Waals surface area (Å²) in [6.45, 7) is 3.07. The Morgan fingerprint density at radius 2 is 2.07 bits per heavy atom. The lowest BCUT2D eigenvalue weighted by Crippen LogP contribution is -2.44. The molecule has 2 aliphatic rings. The Bertz CT molecular complexity index is 827. The summed E-state index contributed by atoms with van der Waals surface area (Å²) in [5.74, 6) is 1.86. The van der Waals surface area contributed by atoms with E-state index >= 15 is 0 Å². The van der Waals surface area contributed by atoms with Crippen LogP contribution in [-0.4, -0.2) is 62.2 Å². The first kappa shape index (κ1) is 18.0. The Hall–Kier alpha value is -2.34. The van der Waals surface area contributed by atoms with Crippen LogP contribution in [0.4, 0.5) is 5.82 Å². The fraction of sp³-hybridized carbons (Fsp3) is 0.524. The maximum atomic E-state index is 4.74. The van der Waals surface area contributed by atoms with Crippen molar-refractivity contribution in [3.05, 3.63) is 35.9 Å². The van der Waals surface area contributed by atoms with Crippen molar-refractivity contribution in [2.75, 3.05) is 39.1 Å². The van der Waals surface area contributed by atoms with E-state index in [0.29, 0.717) is 6.04 Å². The predicted octanol–water partition coefficient (Wildman–Crippen LogP) is 2.20. The second kappa shape index (κ2) is 7.72. The summed E-state index contributed by atoms with van der Waals surface area (Å²) in [5.41, 5.74) is 2.26. The second-order valence-electron chi connectivity index (χ2n) is 7.83. The quantitative estimate of drug-likeness (QED) is 0.628. The van der Waals surface area contributed by atoms with Crippen molar-refractivity contribution >= 4 is 22.7 Å². The second-order valence-corrected chi connectivity index (χ2v) is 7.83. The lowest BCUT2D eigenvalue weighted by molar-refractivity contribution is 0.321. The van der Waals surface area contributed by atoms with E-state index in [2.05, 4.69) is 44.8 Å². The molecule has 0 bridgehead atoms. The zero-order chi connectivity index (χ0) is 18.8. The summed E-state index contributed by atoms with van der Waals surface area (Å²) in [6, 6.07) is 11.8. The molecule has 1 aliphatic carbocycles. The van der Waals surface area contributed by atoms with Crippen LogP contribution in [0.15, 0.2) is 35.3 Å². The number of aliphatic imine (C=N–C) groups is 1. The number of aromatic nitrogens is 1. The first-order valence-electron chi connectivity index (χ1n) is 9.91. The molecule has 144 valence electrons. The molecule has 1 aliphatic heterocycles. The van der Waals surface area contributed by atoms with Crippen LogP contribution in [0, 0.1) is 0 Å². The molecule has 27 heavy (non-hydrogen) atoms. The van der Waals surface area contributed by atoms with Gasteiger partial charge in [-0.1, -0.05) is 18.2 Å². The van der Waals surface area contributed by atoms with E-state index in [4.69, 9.17) is 4.98 Å². The molecule has 0 spiro atoms. The predicted molar refractivity (Wildman–Crippen MR) is 112 cm³/mol. The number of anilines is 1. The molecule has 6 nitrogen and oxygen atoms in total. The average molecular weight is 367 g/mol. The van der Waals surface area contributed by atoms with E-state index in [-0.39, 0.29) is 0 Å².